The van der Waals surface area contributed by atoms with Crippen molar-refractivity contribution in [3.8, 4) is 0 Å². The molecule has 10 heavy (non-hydrogen) atoms. The Balaban J connectivity index is 2.72. The van der Waals surface area contributed by atoms with Gasteiger partial charge in [-0.1, -0.05) is 0 Å². The standard InChI is InChI=1S/C4H5N3O3/c5-2(8)1-3(9)7-4(10)6-1/h1H,(H2,5,8)(H2,6,7,9,10). The average molecular weight is 143 g/mol. The first-order chi connectivity index (χ1) is 4.61. The molecule has 6 nitrogen and oxygen atoms in total. The molecule has 1 unspecified atom stereocenters. The van der Waals surface area contributed by atoms with Crippen molar-refractivity contribution in [1.29, 1.82) is 0 Å². The first kappa shape index (κ1) is 6.53. The van der Waals surface area contributed by atoms with Crippen LogP contribution in [0.25, 0.3) is 0 Å². The van der Waals surface area contributed by atoms with Crippen LogP contribution < -0.4 is 16.4 Å². The number of nitrogens with one attached hydrogen (secondary N) is 2. The highest BCUT2D eigenvalue weighted by atomic mass is 16.2. The molecule has 1 aliphatic heterocycles. The fraction of sp³-hybridized carbons (Fsp3) is 0.250. The molecule has 1 aliphatic rings. The molecule has 0 aromatic heterocycles. The largest absolute Gasteiger partial charge is 0.367 e. The third-order valence-electron chi connectivity index (χ3n) is 1.06. The number of hydrogen-bond donors (Lipinski definition) is 3. The zero-order chi connectivity index (χ0) is 7.72. The lowest BCUT2D eigenvalue weighted by atomic mass is 10.3. The molecule has 0 aromatic carbocycles. The van der Waals surface area contributed by atoms with Gasteiger partial charge in [-0.2, -0.15) is 0 Å². The molecule has 1 heterocycles. The van der Waals surface area contributed by atoms with Crippen LogP contribution in [0.5, 0.6) is 0 Å². The Labute approximate surface area is 55.8 Å². The summed E-state index contributed by atoms with van der Waals surface area (Å²) < 4.78 is 0. The van der Waals surface area contributed by atoms with Gasteiger partial charge in [-0.3, -0.25) is 14.9 Å². The zero-order valence-corrected chi connectivity index (χ0v) is 4.88. The van der Waals surface area contributed by atoms with E-state index >= 15 is 0 Å². The number of primary amides is 1. The molecule has 1 fully saturated rings. The summed E-state index contributed by atoms with van der Waals surface area (Å²) in [5.41, 5.74) is 4.74. The molecule has 6 heteroatoms. The Bertz CT molecular complexity index is 212. The Kier molecular flexibility index (Phi) is 1.29. The van der Waals surface area contributed by atoms with Crippen molar-refractivity contribution in [2.75, 3.05) is 0 Å². The SMILES string of the molecule is NC(=O)C1NC(=O)NC1=O. The minimum Gasteiger partial charge on any atom is -0.367 e. The summed E-state index contributed by atoms with van der Waals surface area (Å²) in [6, 6.07) is -1.89. The molecule has 1 atom stereocenters. The van der Waals surface area contributed by atoms with E-state index in [1.54, 1.807) is 0 Å². The Hall–Kier alpha value is -1.59. The maximum absolute atomic E-state index is 10.5. The van der Waals surface area contributed by atoms with Gasteiger partial charge in [0.25, 0.3) is 5.91 Å². The Morgan fingerprint density at radius 2 is 2.10 bits per heavy atom. The highest BCUT2D eigenvalue weighted by Crippen LogP contribution is 1.89. The number of amides is 4. The molecule has 0 aromatic rings. The van der Waals surface area contributed by atoms with Crippen LogP contribution in [0, 0.1) is 0 Å². The van der Waals surface area contributed by atoms with Gasteiger partial charge in [0.05, 0.1) is 0 Å². The molecule has 0 bridgehead atoms. The molecule has 0 saturated carbocycles. The van der Waals surface area contributed by atoms with Crippen LogP contribution in [0.3, 0.4) is 0 Å². The van der Waals surface area contributed by atoms with Crippen molar-refractivity contribution in [3.05, 3.63) is 0 Å². The van der Waals surface area contributed by atoms with Crippen LogP contribution in [0.15, 0.2) is 0 Å². The Morgan fingerprint density at radius 1 is 1.50 bits per heavy atom. The van der Waals surface area contributed by atoms with E-state index in [0.717, 1.165) is 0 Å². The highest BCUT2D eigenvalue weighted by Gasteiger charge is 2.33. The number of rotatable bonds is 1. The average Bonchev–Trinajstić information content (AvgIpc) is 2.10. The highest BCUT2D eigenvalue weighted by molar-refractivity contribution is 6.15. The van der Waals surface area contributed by atoms with Gasteiger partial charge in [0.1, 0.15) is 0 Å². The van der Waals surface area contributed by atoms with E-state index < -0.39 is 23.9 Å². The second-order valence-corrected chi connectivity index (χ2v) is 1.80. The van der Waals surface area contributed by atoms with Crippen LogP contribution in [-0.4, -0.2) is 23.9 Å². The first-order valence-corrected chi connectivity index (χ1v) is 2.52. The minimum atomic E-state index is -1.20. The van der Waals surface area contributed by atoms with Crippen LogP contribution in [0.4, 0.5) is 4.79 Å². The lowest BCUT2D eigenvalue weighted by Crippen LogP contribution is -2.41. The van der Waals surface area contributed by atoms with Gasteiger partial charge in [-0.05, 0) is 0 Å². The molecule has 0 spiro atoms. The van der Waals surface area contributed by atoms with E-state index in [0.29, 0.717) is 0 Å². The summed E-state index contributed by atoms with van der Waals surface area (Å²) >= 11 is 0. The number of imide groups is 1. The number of urea groups is 1. The van der Waals surface area contributed by atoms with E-state index in [4.69, 9.17) is 5.73 Å². The van der Waals surface area contributed by atoms with E-state index in [1.807, 2.05) is 10.6 Å². The van der Waals surface area contributed by atoms with Crippen molar-refractivity contribution >= 4 is 17.8 Å². The van der Waals surface area contributed by atoms with E-state index in [-0.39, 0.29) is 0 Å². The maximum atomic E-state index is 10.5. The molecule has 1 rings (SSSR count). The van der Waals surface area contributed by atoms with Crippen LogP contribution in [0.2, 0.25) is 0 Å². The van der Waals surface area contributed by atoms with Gasteiger partial charge in [-0.25, -0.2) is 4.79 Å². The normalized spacial score (nSPS) is 23.8. The molecule has 54 valence electrons. The third-order valence-corrected chi connectivity index (χ3v) is 1.06. The fourth-order valence-corrected chi connectivity index (χ4v) is 0.617. The zero-order valence-electron chi connectivity index (χ0n) is 4.88. The van der Waals surface area contributed by atoms with E-state index in [9.17, 15) is 14.4 Å². The summed E-state index contributed by atoms with van der Waals surface area (Å²) in [6.07, 6.45) is 0. The lowest BCUT2D eigenvalue weighted by Gasteiger charge is -1.97. The number of carbonyl (C=O) groups is 3. The summed E-state index contributed by atoms with van der Waals surface area (Å²) in [4.78, 5) is 31.2. The third kappa shape index (κ3) is 0.903. The van der Waals surface area contributed by atoms with Crippen molar-refractivity contribution < 1.29 is 14.4 Å². The number of hydrogen-bond acceptors (Lipinski definition) is 3. The number of carbonyl (C=O) groups excluding carboxylic acids is 3. The lowest BCUT2D eigenvalue weighted by molar-refractivity contribution is -0.128. The van der Waals surface area contributed by atoms with E-state index in [1.165, 1.54) is 0 Å². The van der Waals surface area contributed by atoms with Gasteiger partial charge in [-0.15, -0.1) is 0 Å². The van der Waals surface area contributed by atoms with Gasteiger partial charge in [0, 0.05) is 0 Å². The molecular weight excluding hydrogens is 138 g/mol. The van der Waals surface area contributed by atoms with Gasteiger partial charge < -0.3 is 11.1 Å². The van der Waals surface area contributed by atoms with Gasteiger partial charge in [0.2, 0.25) is 5.91 Å². The van der Waals surface area contributed by atoms with Crippen molar-refractivity contribution in [2.45, 2.75) is 6.04 Å². The smallest absolute Gasteiger partial charge is 0.322 e. The summed E-state index contributed by atoms with van der Waals surface area (Å²) in [6.45, 7) is 0. The molecular formula is C4H5N3O3. The first-order valence-electron chi connectivity index (χ1n) is 2.52. The second-order valence-electron chi connectivity index (χ2n) is 1.80. The quantitative estimate of drug-likeness (QED) is 0.283. The molecule has 0 aliphatic carbocycles. The van der Waals surface area contributed by atoms with Crippen LogP contribution >= 0.6 is 0 Å². The Morgan fingerprint density at radius 3 is 2.30 bits per heavy atom. The molecule has 4 N–H and O–H groups in total. The predicted molar refractivity (Wildman–Crippen MR) is 29.7 cm³/mol. The summed E-state index contributed by atoms with van der Waals surface area (Å²) in [5, 5.41) is 3.89. The topological polar surface area (TPSA) is 101 Å². The van der Waals surface area contributed by atoms with Crippen molar-refractivity contribution in [2.24, 2.45) is 5.73 Å². The summed E-state index contributed by atoms with van der Waals surface area (Å²) in [7, 11) is 0. The van der Waals surface area contributed by atoms with Crippen LogP contribution in [-0.2, 0) is 9.59 Å². The molecule has 4 amide bonds. The van der Waals surface area contributed by atoms with Crippen molar-refractivity contribution in [3.63, 3.8) is 0 Å². The predicted octanol–water partition coefficient (Wildman–Crippen LogP) is -2.32. The van der Waals surface area contributed by atoms with E-state index in [2.05, 4.69) is 0 Å². The van der Waals surface area contributed by atoms with Crippen LogP contribution in [0.1, 0.15) is 0 Å². The number of nitrogens with two attached hydrogens (primary N) is 1. The maximum Gasteiger partial charge on any atom is 0.322 e. The van der Waals surface area contributed by atoms with Crippen molar-refractivity contribution in [1.82, 2.24) is 10.6 Å². The molecule has 0 radical (unpaired) electrons. The van der Waals surface area contributed by atoms with Gasteiger partial charge in [0.15, 0.2) is 6.04 Å². The second kappa shape index (κ2) is 1.98. The molecule has 1 saturated heterocycles. The monoisotopic (exact) mass is 143 g/mol. The summed E-state index contributed by atoms with van der Waals surface area (Å²) in [5.74, 6) is -1.55. The minimum absolute atomic E-state index is 0.686. The fourth-order valence-electron chi connectivity index (χ4n) is 0.617. The van der Waals surface area contributed by atoms with Gasteiger partial charge >= 0.3 is 6.03 Å².